The lowest BCUT2D eigenvalue weighted by Gasteiger charge is -2.28. The number of rotatable bonds is 8. The average Bonchev–Trinajstić information content (AvgIpc) is 3.07. The van der Waals surface area contributed by atoms with E-state index < -0.39 is 0 Å². The van der Waals surface area contributed by atoms with Crippen molar-refractivity contribution in [1.29, 1.82) is 0 Å². The number of ether oxygens (including phenoxy) is 1. The van der Waals surface area contributed by atoms with Crippen LogP contribution in [0, 0.1) is 11.8 Å². The van der Waals surface area contributed by atoms with E-state index in [1.165, 1.54) is 0 Å². The van der Waals surface area contributed by atoms with Gasteiger partial charge in [-0.2, -0.15) is 4.98 Å². The van der Waals surface area contributed by atoms with Gasteiger partial charge in [0.05, 0.1) is 12.8 Å². The van der Waals surface area contributed by atoms with E-state index in [-0.39, 0.29) is 17.5 Å². The Balaban J connectivity index is 1.44. The quantitative estimate of drug-likeness (QED) is 0.556. The first-order valence-electron chi connectivity index (χ1n) is 11.3. The number of carbonyl (C=O) groups excluding carboxylic acids is 1. The van der Waals surface area contributed by atoms with Crippen LogP contribution >= 0.6 is 0 Å². The molecule has 0 unspecified atom stereocenters. The van der Waals surface area contributed by atoms with Crippen LogP contribution in [-0.2, 0) is 23.1 Å². The maximum atomic E-state index is 12.9. The van der Waals surface area contributed by atoms with Crippen LogP contribution in [0.4, 0.5) is 11.6 Å². The van der Waals surface area contributed by atoms with Crippen molar-refractivity contribution in [1.82, 2.24) is 24.1 Å². The van der Waals surface area contributed by atoms with Crippen LogP contribution in [0.15, 0.2) is 35.5 Å². The Hall–Kier alpha value is -3.27. The lowest BCUT2D eigenvalue weighted by molar-refractivity contribution is -0.121. The molecule has 1 fully saturated rings. The summed E-state index contributed by atoms with van der Waals surface area (Å²) in [6.45, 7) is 1.81. The Labute approximate surface area is 192 Å². The molecule has 1 N–H and O–H groups in total. The second-order valence-corrected chi connectivity index (χ2v) is 8.69. The molecular weight excluding hydrogens is 422 g/mol. The lowest BCUT2D eigenvalue weighted by Crippen LogP contribution is -2.31. The molecule has 3 aromatic heterocycles. The van der Waals surface area contributed by atoms with E-state index in [4.69, 9.17) is 9.72 Å². The van der Waals surface area contributed by atoms with E-state index in [0.717, 1.165) is 31.4 Å². The van der Waals surface area contributed by atoms with Gasteiger partial charge in [0.2, 0.25) is 11.9 Å². The van der Waals surface area contributed by atoms with Crippen molar-refractivity contribution in [3.8, 4) is 0 Å². The summed E-state index contributed by atoms with van der Waals surface area (Å²) in [4.78, 5) is 40.6. The predicted octanol–water partition coefficient (Wildman–Crippen LogP) is 2.05. The zero-order valence-corrected chi connectivity index (χ0v) is 19.4. The number of hydrogen-bond acceptors (Lipinski definition) is 7. The molecule has 33 heavy (non-hydrogen) atoms. The number of imidazole rings is 1. The van der Waals surface area contributed by atoms with Crippen molar-refractivity contribution in [2.45, 2.75) is 32.2 Å². The van der Waals surface area contributed by atoms with Crippen LogP contribution in [0.3, 0.4) is 0 Å². The number of anilines is 2. The number of amides is 1. The molecular formula is C23H31N7O3. The number of aryl methyl sites for hydroxylation is 1. The van der Waals surface area contributed by atoms with Crippen LogP contribution in [0.5, 0.6) is 0 Å². The Morgan fingerprint density at radius 1 is 1.24 bits per heavy atom. The number of carbonyl (C=O) groups is 1. The van der Waals surface area contributed by atoms with E-state index >= 15 is 0 Å². The summed E-state index contributed by atoms with van der Waals surface area (Å²) in [6, 6.07) is 3.58. The van der Waals surface area contributed by atoms with E-state index in [1.807, 2.05) is 11.9 Å². The summed E-state index contributed by atoms with van der Waals surface area (Å²) >= 11 is 0. The van der Waals surface area contributed by atoms with Crippen molar-refractivity contribution in [3.05, 3.63) is 41.2 Å². The highest BCUT2D eigenvalue weighted by Gasteiger charge is 2.28. The van der Waals surface area contributed by atoms with Crippen molar-refractivity contribution in [2.75, 3.05) is 37.5 Å². The highest BCUT2D eigenvalue weighted by molar-refractivity contribution is 5.92. The molecule has 1 amide bonds. The van der Waals surface area contributed by atoms with Gasteiger partial charge in [-0.3, -0.25) is 18.9 Å². The van der Waals surface area contributed by atoms with E-state index in [0.29, 0.717) is 42.7 Å². The summed E-state index contributed by atoms with van der Waals surface area (Å²) in [5.74, 6) is 0.929. The fourth-order valence-electron chi connectivity index (χ4n) is 4.39. The molecule has 1 aliphatic carbocycles. The standard InChI is InChI=1S/C23H31N7O3/c1-28(12-13-33-3)22-25-14-19-20(27-22)30(23(32)29(19)2)15-16-4-6-17(7-5-16)21(31)26-18-8-10-24-11-9-18/h8-11,14,16-17H,4-7,12-13,15H2,1-3H3,(H,24,26,31)/t16-,17-. The summed E-state index contributed by atoms with van der Waals surface area (Å²) in [5, 5.41) is 2.98. The fraction of sp³-hybridized carbons (Fsp3) is 0.522. The second kappa shape index (κ2) is 10.1. The summed E-state index contributed by atoms with van der Waals surface area (Å²) in [5.41, 5.74) is 2.04. The largest absolute Gasteiger partial charge is 0.383 e. The second-order valence-electron chi connectivity index (χ2n) is 8.69. The average molecular weight is 454 g/mol. The normalized spacial score (nSPS) is 18.4. The van der Waals surface area contributed by atoms with Crippen molar-refractivity contribution >= 4 is 28.7 Å². The molecule has 1 saturated carbocycles. The molecule has 0 bridgehead atoms. The third-order valence-electron chi connectivity index (χ3n) is 6.45. The number of hydrogen-bond donors (Lipinski definition) is 1. The van der Waals surface area contributed by atoms with Gasteiger partial charge in [0.25, 0.3) is 0 Å². The van der Waals surface area contributed by atoms with Crippen LogP contribution in [0.25, 0.3) is 11.2 Å². The molecule has 0 aromatic carbocycles. The van der Waals surface area contributed by atoms with Gasteiger partial charge in [0, 0.05) is 58.3 Å². The molecule has 10 heteroatoms. The van der Waals surface area contributed by atoms with Crippen molar-refractivity contribution in [2.24, 2.45) is 18.9 Å². The number of pyridine rings is 1. The fourth-order valence-corrected chi connectivity index (χ4v) is 4.39. The Kier molecular flexibility index (Phi) is 7.02. The smallest absolute Gasteiger partial charge is 0.330 e. The first-order valence-corrected chi connectivity index (χ1v) is 11.3. The minimum Gasteiger partial charge on any atom is -0.383 e. The number of fused-ring (bicyclic) bond motifs is 1. The molecule has 0 radical (unpaired) electrons. The topological polar surface area (TPSA) is 107 Å². The number of nitrogens with zero attached hydrogens (tertiary/aromatic N) is 6. The van der Waals surface area contributed by atoms with E-state index in [9.17, 15) is 9.59 Å². The first-order chi connectivity index (χ1) is 16.0. The van der Waals surface area contributed by atoms with Gasteiger partial charge >= 0.3 is 5.69 Å². The van der Waals surface area contributed by atoms with Crippen LogP contribution in [0.2, 0.25) is 0 Å². The van der Waals surface area contributed by atoms with Gasteiger partial charge < -0.3 is 15.0 Å². The molecule has 176 valence electrons. The molecule has 0 saturated heterocycles. The Morgan fingerprint density at radius 2 is 1.97 bits per heavy atom. The van der Waals surface area contributed by atoms with Gasteiger partial charge in [-0.25, -0.2) is 9.78 Å². The molecule has 1 aliphatic rings. The maximum Gasteiger partial charge on any atom is 0.330 e. The first kappa shape index (κ1) is 22.9. The Bertz CT molecular complexity index is 1150. The summed E-state index contributed by atoms with van der Waals surface area (Å²) < 4.78 is 8.50. The minimum atomic E-state index is -0.0893. The van der Waals surface area contributed by atoms with Crippen molar-refractivity contribution < 1.29 is 9.53 Å². The molecule has 10 nitrogen and oxygen atoms in total. The van der Waals surface area contributed by atoms with Gasteiger partial charge in [-0.05, 0) is 43.7 Å². The number of nitrogens with one attached hydrogen (secondary N) is 1. The van der Waals surface area contributed by atoms with Gasteiger partial charge in [0.1, 0.15) is 5.52 Å². The van der Waals surface area contributed by atoms with Crippen LogP contribution in [0.1, 0.15) is 25.7 Å². The Morgan fingerprint density at radius 3 is 2.67 bits per heavy atom. The number of likely N-dealkylation sites (N-methyl/N-ethyl adjacent to an activating group) is 1. The number of methoxy groups -OCH3 is 1. The molecule has 0 aliphatic heterocycles. The molecule has 0 spiro atoms. The summed E-state index contributed by atoms with van der Waals surface area (Å²) in [7, 11) is 5.31. The maximum absolute atomic E-state index is 12.9. The van der Waals surface area contributed by atoms with Crippen LogP contribution in [-0.4, -0.2) is 57.3 Å². The minimum absolute atomic E-state index is 0.0120. The van der Waals surface area contributed by atoms with E-state index in [2.05, 4.69) is 15.3 Å². The molecule has 3 aromatic rings. The number of aromatic nitrogens is 5. The van der Waals surface area contributed by atoms with E-state index in [1.54, 1.807) is 54.0 Å². The highest BCUT2D eigenvalue weighted by Crippen LogP contribution is 2.31. The third kappa shape index (κ3) is 5.05. The monoisotopic (exact) mass is 453 g/mol. The van der Waals surface area contributed by atoms with Gasteiger partial charge in [0.15, 0.2) is 5.65 Å². The SMILES string of the molecule is COCCN(C)c1ncc2c(n1)n(C[C@H]1CC[C@H](C(=O)Nc3ccncc3)CC1)c(=O)n2C. The van der Waals surface area contributed by atoms with Gasteiger partial charge in [-0.15, -0.1) is 0 Å². The predicted molar refractivity (Wildman–Crippen MR) is 126 cm³/mol. The zero-order valence-electron chi connectivity index (χ0n) is 19.4. The highest BCUT2D eigenvalue weighted by atomic mass is 16.5. The van der Waals surface area contributed by atoms with Crippen LogP contribution < -0.4 is 15.9 Å². The van der Waals surface area contributed by atoms with Gasteiger partial charge in [-0.1, -0.05) is 0 Å². The summed E-state index contributed by atoms with van der Waals surface area (Å²) in [6.07, 6.45) is 8.44. The molecule has 4 rings (SSSR count). The zero-order chi connectivity index (χ0) is 23.4. The molecule has 3 heterocycles. The van der Waals surface area contributed by atoms with Crippen molar-refractivity contribution in [3.63, 3.8) is 0 Å². The lowest BCUT2D eigenvalue weighted by atomic mass is 9.81. The molecule has 0 atom stereocenters. The third-order valence-corrected chi connectivity index (χ3v) is 6.45.